The van der Waals surface area contributed by atoms with Gasteiger partial charge in [-0.2, -0.15) is 0 Å². The third-order valence-electron chi connectivity index (χ3n) is 2.46. The summed E-state index contributed by atoms with van der Waals surface area (Å²) in [5, 5.41) is 2.48. The maximum atomic E-state index is 13.0. The Morgan fingerprint density at radius 2 is 2.00 bits per heavy atom. The number of anilines is 1. The van der Waals surface area contributed by atoms with Gasteiger partial charge in [0, 0.05) is 16.8 Å². The molecule has 0 aliphatic heterocycles. The van der Waals surface area contributed by atoms with Gasteiger partial charge in [0.15, 0.2) is 0 Å². The number of amides is 1. The van der Waals surface area contributed by atoms with Gasteiger partial charge in [-0.15, -0.1) is 0 Å². The van der Waals surface area contributed by atoms with Crippen LogP contribution in [0.25, 0.3) is 0 Å². The minimum absolute atomic E-state index is 0.116. The van der Waals surface area contributed by atoms with Gasteiger partial charge in [-0.1, -0.05) is 23.7 Å². The van der Waals surface area contributed by atoms with Crippen molar-refractivity contribution in [1.29, 1.82) is 0 Å². The predicted molar refractivity (Wildman–Crippen MR) is 71.2 cm³/mol. The molecule has 1 N–H and O–H groups in total. The molecule has 2 rings (SSSR count). The molecule has 0 spiro atoms. The number of carbonyl (C=O) groups excluding carboxylic acids is 2. The smallest absolute Gasteiger partial charge is 0.255 e. The van der Waals surface area contributed by atoms with Crippen molar-refractivity contribution in [2.24, 2.45) is 0 Å². The molecule has 96 valence electrons. The molecule has 0 heterocycles. The highest BCUT2D eigenvalue weighted by Gasteiger charge is 2.09. The van der Waals surface area contributed by atoms with Crippen molar-refractivity contribution in [1.82, 2.24) is 0 Å². The van der Waals surface area contributed by atoms with E-state index in [9.17, 15) is 14.0 Å². The van der Waals surface area contributed by atoms with E-state index in [-0.39, 0.29) is 10.6 Å². The fourth-order valence-electron chi connectivity index (χ4n) is 1.53. The van der Waals surface area contributed by atoms with Gasteiger partial charge in [0.05, 0.1) is 5.02 Å². The average Bonchev–Trinajstić information content (AvgIpc) is 2.42. The first-order chi connectivity index (χ1) is 9.10. The van der Waals surface area contributed by atoms with Crippen LogP contribution < -0.4 is 5.32 Å². The molecule has 2 aromatic rings. The van der Waals surface area contributed by atoms with E-state index in [1.807, 2.05) is 0 Å². The van der Waals surface area contributed by atoms with E-state index in [0.29, 0.717) is 17.5 Å². The standard InChI is InChI=1S/C14H9ClFNO2/c15-12-7-10(4-5-13(12)16)14(19)17-11-3-1-2-9(6-11)8-18/h1-8H,(H,17,19). The van der Waals surface area contributed by atoms with Crippen LogP contribution in [-0.4, -0.2) is 12.2 Å². The number of carbonyl (C=O) groups is 2. The molecule has 0 saturated heterocycles. The van der Waals surface area contributed by atoms with Crippen LogP contribution in [0.5, 0.6) is 0 Å². The first-order valence-corrected chi connectivity index (χ1v) is 5.79. The van der Waals surface area contributed by atoms with Gasteiger partial charge in [-0.3, -0.25) is 9.59 Å². The lowest BCUT2D eigenvalue weighted by atomic mass is 10.2. The SMILES string of the molecule is O=Cc1cccc(NC(=O)c2ccc(F)c(Cl)c2)c1. The van der Waals surface area contributed by atoms with Crippen LogP contribution in [0.4, 0.5) is 10.1 Å². The Balaban J connectivity index is 2.20. The molecule has 5 heteroatoms. The van der Waals surface area contributed by atoms with Crippen LogP contribution in [0.1, 0.15) is 20.7 Å². The number of halogens is 2. The van der Waals surface area contributed by atoms with Crippen molar-refractivity contribution < 1.29 is 14.0 Å². The Morgan fingerprint density at radius 3 is 2.68 bits per heavy atom. The van der Waals surface area contributed by atoms with Gasteiger partial charge in [0.2, 0.25) is 0 Å². The van der Waals surface area contributed by atoms with Crippen molar-refractivity contribution in [2.45, 2.75) is 0 Å². The lowest BCUT2D eigenvalue weighted by molar-refractivity contribution is 0.102. The van der Waals surface area contributed by atoms with E-state index >= 15 is 0 Å². The zero-order valence-electron chi connectivity index (χ0n) is 9.69. The molecule has 0 fully saturated rings. The molecule has 0 aromatic heterocycles. The molecule has 2 aromatic carbocycles. The van der Waals surface area contributed by atoms with Crippen LogP contribution in [0.15, 0.2) is 42.5 Å². The molecular formula is C14H9ClFNO2. The third kappa shape index (κ3) is 3.17. The van der Waals surface area contributed by atoms with E-state index < -0.39 is 11.7 Å². The Bertz CT molecular complexity index is 643. The highest BCUT2D eigenvalue weighted by Crippen LogP contribution is 2.17. The lowest BCUT2D eigenvalue weighted by Crippen LogP contribution is -2.12. The van der Waals surface area contributed by atoms with Crippen LogP contribution in [0, 0.1) is 5.82 Å². The van der Waals surface area contributed by atoms with E-state index in [0.717, 1.165) is 6.07 Å². The van der Waals surface area contributed by atoms with Gasteiger partial charge in [-0.25, -0.2) is 4.39 Å². The molecule has 0 unspecified atom stereocenters. The Labute approximate surface area is 114 Å². The van der Waals surface area contributed by atoms with Gasteiger partial charge in [0.25, 0.3) is 5.91 Å². The van der Waals surface area contributed by atoms with Gasteiger partial charge in [-0.05, 0) is 30.3 Å². The molecule has 0 aliphatic carbocycles. The van der Waals surface area contributed by atoms with Crippen LogP contribution >= 0.6 is 11.6 Å². The fourth-order valence-corrected chi connectivity index (χ4v) is 1.71. The first-order valence-electron chi connectivity index (χ1n) is 5.42. The van der Waals surface area contributed by atoms with Crippen LogP contribution in [-0.2, 0) is 0 Å². The normalized spacial score (nSPS) is 10.0. The highest BCUT2D eigenvalue weighted by atomic mass is 35.5. The topological polar surface area (TPSA) is 46.2 Å². The number of benzene rings is 2. The molecule has 1 amide bonds. The van der Waals surface area contributed by atoms with Crippen molar-refractivity contribution in [3.63, 3.8) is 0 Å². The monoisotopic (exact) mass is 277 g/mol. The number of nitrogens with one attached hydrogen (secondary N) is 1. The summed E-state index contributed by atoms with van der Waals surface area (Å²) in [7, 11) is 0. The van der Waals surface area contributed by atoms with Crippen molar-refractivity contribution in [3.05, 3.63) is 64.4 Å². The quantitative estimate of drug-likeness (QED) is 0.872. The highest BCUT2D eigenvalue weighted by molar-refractivity contribution is 6.31. The van der Waals surface area contributed by atoms with E-state index in [2.05, 4.69) is 5.32 Å². The molecule has 0 aliphatic rings. The molecular weight excluding hydrogens is 269 g/mol. The number of hydrogen-bond acceptors (Lipinski definition) is 2. The number of hydrogen-bond donors (Lipinski definition) is 1. The average molecular weight is 278 g/mol. The molecule has 0 atom stereocenters. The maximum absolute atomic E-state index is 13.0. The lowest BCUT2D eigenvalue weighted by Gasteiger charge is -2.06. The number of aldehydes is 1. The van der Waals surface area contributed by atoms with E-state index in [1.54, 1.807) is 18.2 Å². The molecule has 0 bridgehead atoms. The van der Waals surface area contributed by atoms with Crippen LogP contribution in [0.2, 0.25) is 5.02 Å². The predicted octanol–water partition coefficient (Wildman–Crippen LogP) is 3.54. The van der Waals surface area contributed by atoms with E-state index in [1.165, 1.54) is 18.2 Å². The zero-order chi connectivity index (χ0) is 13.8. The maximum Gasteiger partial charge on any atom is 0.255 e. The van der Waals surface area contributed by atoms with E-state index in [4.69, 9.17) is 11.6 Å². The zero-order valence-corrected chi connectivity index (χ0v) is 10.4. The number of rotatable bonds is 3. The fraction of sp³-hybridized carbons (Fsp3) is 0. The van der Waals surface area contributed by atoms with Gasteiger partial charge < -0.3 is 5.32 Å². The minimum Gasteiger partial charge on any atom is -0.322 e. The second kappa shape index (κ2) is 5.63. The van der Waals surface area contributed by atoms with Crippen molar-refractivity contribution in [2.75, 3.05) is 5.32 Å². The summed E-state index contributed by atoms with van der Waals surface area (Å²) in [6, 6.07) is 10.2. The molecule has 3 nitrogen and oxygen atoms in total. The summed E-state index contributed by atoms with van der Waals surface area (Å²) in [5.74, 6) is -1.01. The second-order valence-electron chi connectivity index (χ2n) is 3.83. The summed E-state index contributed by atoms with van der Waals surface area (Å²) in [4.78, 5) is 22.5. The summed E-state index contributed by atoms with van der Waals surface area (Å²) in [6.45, 7) is 0. The van der Waals surface area contributed by atoms with Crippen molar-refractivity contribution >= 4 is 29.5 Å². The van der Waals surface area contributed by atoms with Crippen LogP contribution in [0.3, 0.4) is 0 Å². The summed E-state index contributed by atoms with van der Waals surface area (Å²) >= 11 is 5.61. The molecule has 0 radical (unpaired) electrons. The minimum atomic E-state index is -0.582. The Kier molecular flexibility index (Phi) is 3.92. The summed E-state index contributed by atoms with van der Waals surface area (Å²) in [5.41, 5.74) is 1.17. The van der Waals surface area contributed by atoms with Gasteiger partial charge >= 0.3 is 0 Å². The Hall–Kier alpha value is -2.20. The Morgan fingerprint density at radius 1 is 1.21 bits per heavy atom. The molecule has 0 saturated carbocycles. The summed E-state index contributed by atoms with van der Waals surface area (Å²) in [6.07, 6.45) is 0.685. The second-order valence-corrected chi connectivity index (χ2v) is 4.23. The first kappa shape index (κ1) is 13.2. The van der Waals surface area contributed by atoms with Crippen molar-refractivity contribution in [3.8, 4) is 0 Å². The molecule has 19 heavy (non-hydrogen) atoms. The summed E-state index contributed by atoms with van der Waals surface area (Å²) < 4.78 is 13.0. The van der Waals surface area contributed by atoms with Gasteiger partial charge in [0.1, 0.15) is 12.1 Å². The largest absolute Gasteiger partial charge is 0.322 e. The third-order valence-corrected chi connectivity index (χ3v) is 2.75.